The Morgan fingerprint density at radius 1 is 1.50 bits per heavy atom. The zero-order valence-corrected chi connectivity index (χ0v) is 12.0. The van der Waals surface area contributed by atoms with Gasteiger partial charge in [-0.15, -0.1) is 0 Å². The fourth-order valence-electron chi connectivity index (χ4n) is 3.98. The minimum absolute atomic E-state index is 0.0616. The van der Waals surface area contributed by atoms with E-state index in [1.165, 1.54) is 6.42 Å². The van der Waals surface area contributed by atoms with Gasteiger partial charge in [0.2, 0.25) is 0 Å². The summed E-state index contributed by atoms with van der Waals surface area (Å²) < 4.78 is 5.26. The number of rotatable bonds is 2. The van der Waals surface area contributed by atoms with Crippen molar-refractivity contribution >= 4 is 6.09 Å². The Labute approximate surface area is 110 Å². The zero-order valence-electron chi connectivity index (χ0n) is 12.0. The predicted octanol–water partition coefficient (Wildman–Crippen LogP) is 2.37. The molecule has 2 rings (SSSR count). The molecule has 1 aliphatic heterocycles. The standard InChI is InChI=1S/C14H26N2O2/c1-5-18-12(17)16-11(9-15)10-6-7-14(16,8-10)13(2,3)4/h10-11H,5-9,15H2,1-4H3/t10-,11-,14+/m1/s1. The molecular formula is C14H26N2O2. The Bertz CT molecular complexity index is 337. The fourth-order valence-corrected chi connectivity index (χ4v) is 3.98. The van der Waals surface area contributed by atoms with E-state index < -0.39 is 0 Å². The number of likely N-dealkylation sites (tertiary alicyclic amines) is 1. The Kier molecular flexibility index (Phi) is 3.34. The molecule has 2 bridgehead atoms. The molecule has 1 saturated carbocycles. The maximum atomic E-state index is 12.3. The Morgan fingerprint density at radius 3 is 2.67 bits per heavy atom. The van der Waals surface area contributed by atoms with Crippen LogP contribution < -0.4 is 5.73 Å². The third-order valence-electron chi connectivity index (χ3n) is 4.97. The van der Waals surface area contributed by atoms with Gasteiger partial charge in [0.1, 0.15) is 0 Å². The van der Waals surface area contributed by atoms with Crippen LogP contribution in [-0.4, -0.2) is 35.7 Å². The van der Waals surface area contributed by atoms with Gasteiger partial charge in [-0.3, -0.25) is 4.90 Å². The number of amides is 1. The first-order valence-corrected chi connectivity index (χ1v) is 7.03. The smallest absolute Gasteiger partial charge is 0.410 e. The summed E-state index contributed by atoms with van der Waals surface area (Å²) in [6.07, 6.45) is 3.17. The third kappa shape index (κ3) is 1.73. The molecule has 2 N–H and O–H groups in total. The number of hydrogen-bond acceptors (Lipinski definition) is 3. The number of carbonyl (C=O) groups excluding carboxylic acids is 1. The van der Waals surface area contributed by atoms with E-state index >= 15 is 0 Å². The molecular weight excluding hydrogens is 228 g/mol. The van der Waals surface area contributed by atoms with Crippen LogP contribution in [0.4, 0.5) is 4.79 Å². The number of carbonyl (C=O) groups is 1. The second-order valence-corrected chi connectivity index (χ2v) is 6.66. The average Bonchev–Trinajstić information content (AvgIpc) is 2.84. The van der Waals surface area contributed by atoms with Crippen LogP contribution in [0.5, 0.6) is 0 Å². The van der Waals surface area contributed by atoms with Crippen molar-refractivity contribution in [1.29, 1.82) is 0 Å². The quantitative estimate of drug-likeness (QED) is 0.823. The number of ether oxygens (including phenoxy) is 1. The van der Waals surface area contributed by atoms with Crippen LogP contribution in [-0.2, 0) is 4.74 Å². The minimum Gasteiger partial charge on any atom is -0.450 e. The van der Waals surface area contributed by atoms with Crippen molar-refractivity contribution < 1.29 is 9.53 Å². The van der Waals surface area contributed by atoms with E-state index in [1.807, 2.05) is 11.8 Å². The van der Waals surface area contributed by atoms with Crippen molar-refractivity contribution in [2.24, 2.45) is 17.1 Å². The molecule has 0 aromatic rings. The van der Waals surface area contributed by atoms with Gasteiger partial charge in [0.05, 0.1) is 18.2 Å². The average molecular weight is 254 g/mol. The molecule has 1 amide bonds. The number of nitrogens with two attached hydrogens (primary N) is 1. The normalized spacial score (nSPS) is 35.1. The lowest BCUT2D eigenvalue weighted by atomic mass is 9.72. The molecule has 0 radical (unpaired) electrons. The summed E-state index contributed by atoms with van der Waals surface area (Å²) in [6, 6.07) is 0.164. The molecule has 0 spiro atoms. The van der Waals surface area contributed by atoms with Crippen LogP contribution in [0.3, 0.4) is 0 Å². The van der Waals surface area contributed by atoms with E-state index in [0.717, 1.165) is 12.8 Å². The summed E-state index contributed by atoms with van der Waals surface area (Å²) in [4.78, 5) is 14.3. The lowest BCUT2D eigenvalue weighted by Gasteiger charge is -2.49. The summed E-state index contributed by atoms with van der Waals surface area (Å²) in [5.41, 5.74) is 5.90. The van der Waals surface area contributed by atoms with Gasteiger partial charge in [-0.05, 0) is 37.5 Å². The zero-order chi connectivity index (χ0) is 13.6. The van der Waals surface area contributed by atoms with Crippen molar-refractivity contribution in [1.82, 2.24) is 4.90 Å². The molecule has 4 heteroatoms. The molecule has 3 atom stereocenters. The first kappa shape index (κ1) is 13.7. The fraction of sp³-hybridized carbons (Fsp3) is 0.929. The monoisotopic (exact) mass is 254 g/mol. The topological polar surface area (TPSA) is 55.6 Å². The number of nitrogens with zero attached hydrogens (tertiary/aromatic N) is 1. The maximum Gasteiger partial charge on any atom is 0.410 e. The van der Waals surface area contributed by atoms with Gasteiger partial charge in [-0.2, -0.15) is 0 Å². The highest BCUT2D eigenvalue weighted by atomic mass is 16.6. The summed E-state index contributed by atoms with van der Waals surface area (Å²) in [5, 5.41) is 0. The van der Waals surface area contributed by atoms with Gasteiger partial charge in [0.25, 0.3) is 0 Å². The van der Waals surface area contributed by atoms with Crippen LogP contribution in [0.2, 0.25) is 0 Å². The van der Waals surface area contributed by atoms with E-state index in [4.69, 9.17) is 10.5 Å². The van der Waals surface area contributed by atoms with Crippen molar-refractivity contribution in [2.45, 2.75) is 58.5 Å². The van der Waals surface area contributed by atoms with E-state index in [2.05, 4.69) is 20.8 Å². The lowest BCUT2D eigenvalue weighted by molar-refractivity contribution is -0.0105. The Hall–Kier alpha value is -0.770. The second kappa shape index (κ2) is 4.41. The highest BCUT2D eigenvalue weighted by molar-refractivity contribution is 5.70. The number of hydrogen-bond donors (Lipinski definition) is 1. The molecule has 4 nitrogen and oxygen atoms in total. The minimum atomic E-state index is -0.176. The molecule has 1 aliphatic carbocycles. The van der Waals surface area contributed by atoms with Gasteiger partial charge in [0.15, 0.2) is 0 Å². The molecule has 18 heavy (non-hydrogen) atoms. The van der Waals surface area contributed by atoms with Crippen LogP contribution in [0.1, 0.15) is 47.0 Å². The van der Waals surface area contributed by atoms with Crippen molar-refractivity contribution in [3.8, 4) is 0 Å². The number of fused-ring (bicyclic) bond motifs is 2. The van der Waals surface area contributed by atoms with Crippen molar-refractivity contribution in [3.05, 3.63) is 0 Å². The summed E-state index contributed by atoms with van der Waals surface area (Å²) >= 11 is 0. The molecule has 104 valence electrons. The van der Waals surface area contributed by atoms with Gasteiger partial charge in [-0.25, -0.2) is 4.79 Å². The Morgan fingerprint density at radius 2 is 2.17 bits per heavy atom. The SMILES string of the molecule is CCOC(=O)N1[C@H](CN)[C@@H]2CC[C@@]1(C(C)(C)C)C2. The first-order valence-electron chi connectivity index (χ1n) is 7.03. The van der Waals surface area contributed by atoms with Crippen LogP contribution in [0.25, 0.3) is 0 Å². The summed E-state index contributed by atoms with van der Waals surface area (Å²) in [7, 11) is 0. The highest BCUT2D eigenvalue weighted by Gasteiger charge is 2.62. The second-order valence-electron chi connectivity index (χ2n) is 6.66. The molecule has 2 aliphatic rings. The lowest BCUT2D eigenvalue weighted by Crippen LogP contribution is -2.60. The first-order chi connectivity index (χ1) is 8.37. The molecule has 1 saturated heterocycles. The molecule has 0 unspecified atom stereocenters. The van der Waals surface area contributed by atoms with E-state index in [1.54, 1.807) is 0 Å². The summed E-state index contributed by atoms with van der Waals surface area (Å²) in [5.74, 6) is 0.554. The van der Waals surface area contributed by atoms with Gasteiger partial charge >= 0.3 is 6.09 Å². The highest BCUT2D eigenvalue weighted by Crippen LogP contribution is 2.57. The van der Waals surface area contributed by atoms with Crippen LogP contribution >= 0.6 is 0 Å². The van der Waals surface area contributed by atoms with Crippen LogP contribution in [0, 0.1) is 11.3 Å². The van der Waals surface area contributed by atoms with E-state index in [0.29, 0.717) is 19.1 Å². The largest absolute Gasteiger partial charge is 0.450 e. The predicted molar refractivity (Wildman–Crippen MR) is 71.2 cm³/mol. The Balaban J connectivity index is 2.35. The third-order valence-corrected chi connectivity index (χ3v) is 4.97. The van der Waals surface area contributed by atoms with Crippen molar-refractivity contribution in [2.75, 3.05) is 13.2 Å². The van der Waals surface area contributed by atoms with Crippen LogP contribution in [0.15, 0.2) is 0 Å². The summed E-state index contributed by atoms with van der Waals surface area (Å²) in [6.45, 7) is 9.49. The molecule has 1 heterocycles. The van der Waals surface area contributed by atoms with Gasteiger partial charge in [0, 0.05) is 6.54 Å². The molecule has 0 aromatic carbocycles. The van der Waals surface area contributed by atoms with Gasteiger partial charge < -0.3 is 10.5 Å². The molecule has 0 aromatic heterocycles. The van der Waals surface area contributed by atoms with Gasteiger partial charge in [-0.1, -0.05) is 20.8 Å². The van der Waals surface area contributed by atoms with Crippen molar-refractivity contribution in [3.63, 3.8) is 0 Å². The maximum absolute atomic E-state index is 12.3. The molecule has 2 fully saturated rings. The number of piperidine rings is 1. The van der Waals surface area contributed by atoms with E-state index in [9.17, 15) is 4.79 Å². The van der Waals surface area contributed by atoms with E-state index in [-0.39, 0.29) is 23.1 Å².